The number of nitrogens with two attached hydrogens (primary N) is 1. The summed E-state index contributed by atoms with van der Waals surface area (Å²) in [7, 11) is 50.3. The number of aromatic nitrogens is 2. The number of halogens is 1. The van der Waals surface area contributed by atoms with Crippen LogP contribution in [0.25, 0.3) is 0 Å². The van der Waals surface area contributed by atoms with Gasteiger partial charge in [-0.15, -0.1) is 0 Å². The van der Waals surface area contributed by atoms with Crippen LogP contribution in [-0.4, -0.2) is 94.1 Å². The Bertz CT molecular complexity index is 773. The lowest BCUT2D eigenvalue weighted by atomic mass is 9.26. The molecular weight excluding hydrogens is 344 g/mol. The number of benzene rings is 1. The number of hydrogen-bond donors (Lipinski definition) is 1. The van der Waals surface area contributed by atoms with Gasteiger partial charge < -0.3 is 15.5 Å². The number of nitrogens with zero attached hydrogens (tertiary/aromatic N) is 4. The summed E-state index contributed by atoms with van der Waals surface area (Å²) in [6.45, 7) is 0. The van der Waals surface area contributed by atoms with Crippen molar-refractivity contribution in [3.63, 3.8) is 0 Å². The maximum absolute atomic E-state index is 13.3. The minimum absolute atomic E-state index is 0.283. The van der Waals surface area contributed by atoms with Crippen molar-refractivity contribution in [3.8, 4) is 0 Å². The van der Waals surface area contributed by atoms with E-state index in [1.54, 1.807) is 12.1 Å². The molecule has 0 aliphatic carbocycles. The fourth-order valence-electron chi connectivity index (χ4n) is 3.13. The molecule has 0 saturated carbocycles. The summed E-state index contributed by atoms with van der Waals surface area (Å²) >= 11 is 0. The van der Waals surface area contributed by atoms with Gasteiger partial charge >= 0.3 is 0 Å². The largest absolute Gasteiger partial charge is 0.399 e. The maximum Gasteiger partial charge on any atom is 0.223 e. The Morgan fingerprint density at radius 2 is 1.11 bits per heavy atom. The number of hydrogen-bond acceptors (Lipinski definition) is 5. The summed E-state index contributed by atoms with van der Waals surface area (Å²) in [5.41, 5.74) is 6.46. The van der Waals surface area contributed by atoms with Crippen molar-refractivity contribution in [1.29, 1.82) is 0 Å². The van der Waals surface area contributed by atoms with Crippen molar-refractivity contribution in [2.24, 2.45) is 0 Å². The third-order valence-corrected chi connectivity index (χ3v) is 4.72. The van der Waals surface area contributed by atoms with Crippen LogP contribution in [0.5, 0.6) is 0 Å². The lowest BCUT2D eigenvalue weighted by Gasteiger charge is -2.76. The first-order chi connectivity index (χ1) is 12.7. The Morgan fingerprint density at radius 3 is 1.54 bits per heavy atom. The fourth-order valence-corrected chi connectivity index (χ4v) is 3.13. The number of nitrogen functional groups attached to an aromatic ring is 1. The van der Waals surface area contributed by atoms with Gasteiger partial charge in [0.05, 0.1) is 75.2 Å². The highest BCUT2D eigenvalue weighted by molar-refractivity contribution is 6.64. The van der Waals surface area contributed by atoms with Crippen molar-refractivity contribution in [2.45, 2.75) is 21.4 Å². The predicted molar refractivity (Wildman–Crippen MR) is 115 cm³/mol. The van der Waals surface area contributed by atoms with Gasteiger partial charge in [0, 0.05) is 11.4 Å². The molecule has 14 heteroatoms. The number of anilines is 3. The smallest absolute Gasteiger partial charge is 0.223 e. The topological polar surface area (TPSA) is 58.3 Å². The molecule has 3 rings (SSSR count). The van der Waals surface area contributed by atoms with Crippen molar-refractivity contribution < 1.29 is 4.39 Å². The predicted octanol–water partition coefficient (Wildman–Crippen LogP) is -2.51. The molecule has 28 heavy (non-hydrogen) atoms. The first kappa shape index (κ1) is 20.9. The average molecular weight is 352 g/mol. The number of piperazine rings is 1. The Hall–Kier alpha value is -1.85. The van der Waals surface area contributed by atoms with Crippen LogP contribution in [0.1, 0.15) is 0 Å². The minimum atomic E-state index is -2.22. The van der Waals surface area contributed by atoms with Gasteiger partial charge in [-0.3, -0.25) is 0 Å². The zero-order valence-corrected chi connectivity index (χ0v) is 14.8. The first-order valence-corrected chi connectivity index (χ1v) is 7.99. The highest BCUT2D eigenvalue weighted by atomic mass is 19.1. The molecule has 16 radical (unpaired) electrons. The van der Waals surface area contributed by atoms with E-state index in [0.29, 0.717) is 11.4 Å². The molecule has 1 aromatic heterocycles. The van der Waals surface area contributed by atoms with Crippen molar-refractivity contribution in [1.82, 2.24) is 9.97 Å². The van der Waals surface area contributed by atoms with Crippen molar-refractivity contribution >= 4 is 80.1 Å². The Balaban J connectivity index is 2.24. The highest BCUT2D eigenvalue weighted by Crippen LogP contribution is 2.46. The molecule has 5 nitrogen and oxygen atoms in total. The Labute approximate surface area is 174 Å². The van der Waals surface area contributed by atoms with Gasteiger partial charge in [-0.1, -0.05) is 0 Å². The zero-order chi connectivity index (χ0) is 21.1. The van der Waals surface area contributed by atoms with Crippen molar-refractivity contribution in [3.05, 3.63) is 42.5 Å². The van der Waals surface area contributed by atoms with E-state index in [1.165, 1.54) is 12.1 Å². The molecule has 2 heterocycles. The van der Waals surface area contributed by atoms with Crippen LogP contribution in [-0.2, 0) is 0 Å². The van der Waals surface area contributed by atoms with Gasteiger partial charge in [-0.2, -0.15) is 0 Å². The molecule has 0 unspecified atom stereocenters. The molecule has 1 aliphatic rings. The van der Waals surface area contributed by atoms with E-state index >= 15 is 0 Å². The molecule has 0 amide bonds. The molecule has 2 aromatic rings. The molecular formula is C14H8B8FN5. The summed E-state index contributed by atoms with van der Waals surface area (Å²) in [5, 5.41) is -8.77. The quantitative estimate of drug-likeness (QED) is 0.478. The van der Waals surface area contributed by atoms with Crippen molar-refractivity contribution in [2.75, 3.05) is 15.5 Å². The van der Waals surface area contributed by atoms with E-state index in [-0.39, 0.29) is 5.95 Å². The summed E-state index contributed by atoms with van der Waals surface area (Å²) in [6.07, 6.45) is 1.70. The van der Waals surface area contributed by atoms with Gasteiger partial charge in [0.25, 0.3) is 0 Å². The van der Waals surface area contributed by atoms with Gasteiger partial charge in [-0.05, 0) is 45.6 Å². The standard InChI is InChI=1S/C14H8B8FN5/c15-11(16)13(19,20)28(10-25-5-7(23)6-26-10)14(21,22)12(17,18)27(11)9-3-1-8(24)2-4-9/h1-6H,24H2. The van der Waals surface area contributed by atoms with Gasteiger partial charge in [0.1, 0.15) is 0 Å². The monoisotopic (exact) mass is 353 g/mol. The van der Waals surface area contributed by atoms with Crippen LogP contribution in [0.3, 0.4) is 0 Å². The third kappa shape index (κ3) is 2.79. The zero-order valence-electron chi connectivity index (χ0n) is 14.8. The second-order valence-corrected chi connectivity index (χ2v) is 6.77. The summed E-state index contributed by atoms with van der Waals surface area (Å²) < 4.78 is 13.3. The SMILES string of the molecule is [B]C1([B])N(c2ccc(N)cc2)C([B])([B])C([B])([B])N(c2ncc(F)cn2)C1([B])[B]. The van der Waals surface area contributed by atoms with Gasteiger partial charge in [-0.25, -0.2) is 14.4 Å². The fraction of sp³-hybridized carbons (Fsp3) is 0.286. The van der Waals surface area contributed by atoms with Gasteiger partial charge in [0.15, 0.2) is 5.82 Å². The molecule has 1 saturated heterocycles. The van der Waals surface area contributed by atoms with E-state index in [4.69, 9.17) is 68.5 Å². The average Bonchev–Trinajstić information content (AvgIpc) is 2.57. The second kappa shape index (κ2) is 6.33. The van der Waals surface area contributed by atoms with Crippen LogP contribution in [0, 0.1) is 5.82 Å². The van der Waals surface area contributed by atoms with E-state index in [1.807, 2.05) is 0 Å². The summed E-state index contributed by atoms with van der Waals surface area (Å²) in [5.74, 6) is -1.00. The molecule has 1 aliphatic heterocycles. The van der Waals surface area contributed by atoms with Gasteiger partial charge in [0.2, 0.25) is 5.95 Å². The molecule has 1 fully saturated rings. The molecule has 2 N–H and O–H groups in total. The maximum atomic E-state index is 13.3. The first-order valence-electron chi connectivity index (χ1n) is 7.99. The lowest BCUT2D eigenvalue weighted by Crippen LogP contribution is -2.93. The highest BCUT2D eigenvalue weighted by Gasteiger charge is 2.60. The van der Waals surface area contributed by atoms with E-state index in [9.17, 15) is 4.39 Å². The number of rotatable bonds is 2. The normalized spacial score (nSPS) is 21.9. The Morgan fingerprint density at radius 1 is 0.714 bits per heavy atom. The molecule has 0 bridgehead atoms. The second-order valence-electron chi connectivity index (χ2n) is 6.77. The van der Waals surface area contributed by atoms with Crippen LogP contribution in [0.15, 0.2) is 36.7 Å². The van der Waals surface area contributed by atoms with Crippen LogP contribution < -0.4 is 15.5 Å². The van der Waals surface area contributed by atoms with E-state index < -0.39 is 27.2 Å². The minimum Gasteiger partial charge on any atom is -0.399 e. The van der Waals surface area contributed by atoms with E-state index in [0.717, 1.165) is 22.2 Å². The summed E-state index contributed by atoms with van der Waals surface area (Å²) in [6, 6.07) is 6.18. The molecule has 0 atom stereocenters. The third-order valence-electron chi connectivity index (χ3n) is 4.72. The van der Waals surface area contributed by atoms with Crippen LogP contribution >= 0.6 is 0 Å². The lowest BCUT2D eigenvalue weighted by molar-refractivity contribution is 0.399. The Kier molecular flexibility index (Phi) is 4.72. The van der Waals surface area contributed by atoms with Crippen LogP contribution in [0.4, 0.5) is 21.7 Å². The summed E-state index contributed by atoms with van der Waals surface area (Å²) in [4.78, 5) is 9.53. The molecule has 0 spiro atoms. The molecule has 120 valence electrons. The molecule has 1 aromatic carbocycles. The van der Waals surface area contributed by atoms with E-state index in [2.05, 4.69) is 9.97 Å². The van der Waals surface area contributed by atoms with Crippen LogP contribution in [0.2, 0.25) is 0 Å².